The lowest BCUT2D eigenvalue weighted by molar-refractivity contribution is -0.137. The van der Waals surface area contributed by atoms with E-state index in [1.165, 1.54) is 11.1 Å². The number of carbonyl (C=O) groups excluding carboxylic acids is 2. The maximum Gasteiger partial charge on any atom is 0.241 e. The first-order chi connectivity index (χ1) is 8.63. The Kier molecular flexibility index (Phi) is 3.42. The second kappa shape index (κ2) is 5.00. The highest BCUT2D eigenvalue weighted by atomic mass is 16.2. The van der Waals surface area contributed by atoms with Crippen LogP contribution in [0.1, 0.15) is 12.5 Å². The average molecular weight is 241 g/mol. The summed E-state index contributed by atoms with van der Waals surface area (Å²) in [5, 5.41) is 0. The van der Waals surface area contributed by atoms with Gasteiger partial charge in [0.1, 0.15) is 5.92 Å². The van der Waals surface area contributed by atoms with E-state index in [0.717, 1.165) is 5.56 Å². The molecule has 3 heteroatoms. The largest absolute Gasteiger partial charge is 0.294 e. The van der Waals surface area contributed by atoms with Crippen molar-refractivity contribution in [2.75, 3.05) is 0 Å². The molecule has 92 valence electrons. The number of hydrogen-bond donors (Lipinski definition) is 0. The molecule has 0 radical (unpaired) electrons. The Bertz CT molecular complexity index is 517. The first kappa shape index (κ1) is 12.3. The highest BCUT2D eigenvalue weighted by molar-refractivity contribution is 6.12. The number of hydrogen-bond acceptors (Lipinski definition) is 2. The quantitative estimate of drug-likeness (QED) is 0.761. The van der Waals surface area contributed by atoms with Crippen molar-refractivity contribution in [3.8, 4) is 0 Å². The van der Waals surface area contributed by atoms with Gasteiger partial charge < -0.3 is 0 Å². The summed E-state index contributed by atoms with van der Waals surface area (Å²) in [4.78, 5) is 25.6. The molecule has 1 unspecified atom stereocenters. The first-order valence-corrected chi connectivity index (χ1v) is 5.85. The van der Waals surface area contributed by atoms with E-state index in [1.54, 1.807) is 13.1 Å². The average Bonchev–Trinajstić information content (AvgIpc) is 2.40. The topological polar surface area (TPSA) is 37.4 Å². The molecule has 18 heavy (non-hydrogen) atoms. The van der Waals surface area contributed by atoms with Gasteiger partial charge in [0.15, 0.2) is 5.78 Å². The predicted molar refractivity (Wildman–Crippen MR) is 69.4 cm³/mol. The Hall–Kier alpha value is -2.16. The summed E-state index contributed by atoms with van der Waals surface area (Å²) in [6, 6.07) is 9.57. The van der Waals surface area contributed by atoms with Crippen molar-refractivity contribution in [2.24, 2.45) is 5.92 Å². The van der Waals surface area contributed by atoms with Gasteiger partial charge in [-0.1, -0.05) is 36.9 Å². The molecule has 0 spiro atoms. The molecule has 0 bridgehead atoms. The lowest BCUT2D eigenvalue weighted by Gasteiger charge is -2.26. The molecule has 0 saturated carbocycles. The molecule has 3 nitrogen and oxygen atoms in total. The van der Waals surface area contributed by atoms with E-state index >= 15 is 0 Å². The van der Waals surface area contributed by atoms with Gasteiger partial charge in [0.05, 0.1) is 0 Å². The molecule has 0 fully saturated rings. The maximum absolute atomic E-state index is 12.1. The molecule has 1 aliphatic rings. The lowest BCUT2D eigenvalue weighted by atomic mass is 9.88. The monoisotopic (exact) mass is 241 g/mol. The second-order valence-corrected chi connectivity index (χ2v) is 4.35. The zero-order valence-corrected chi connectivity index (χ0v) is 10.3. The van der Waals surface area contributed by atoms with Gasteiger partial charge in [0, 0.05) is 18.0 Å². The van der Waals surface area contributed by atoms with E-state index < -0.39 is 5.92 Å². The highest BCUT2D eigenvalue weighted by Crippen LogP contribution is 2.22. The fourth-order valence-electron chi connectivity index (χ4n) is 2.08. The zero-order valence-electron chi connectivity index (χ0n) is 10.3. The van der Waals surface area contributed by atoms with E-state index in [9.17, 15) is 9.59 Å². The molecule has 0 saturated heterocycles. The van der Waals surface area contributed by atoms with Crippen molar-refractivity contribution in [3.05, 3.63) is 60.4 Å². The SMILES string of the molecule is C=CN1C=C(C)C(=O)C(Cc2ccccc2)C1=O. The molecule has 0 aromatic heterocycles. The third-order valence-electron chi connectivity index (χ3n) is 3.07. The van der Waals surface area contributed by atoms with Crippen molar-refractivity contribution in [1.82, 2.24) is 4.90 Å². The number of benzene rings is 1. The minimum atomic E-state index is -0.629. The van der Waals surface area contributed by atoms with Gasteiger partial charge in [-0.2, -0.15) is 0 Å². The fourth-order valence-corrected chi connectivity index (χ4v) is 2.08. The van der Waals surface area contributed by atoms with E-state index in [1.807, 2.05) is 30.3 Å². The zero-order chi connectivity index (χ0) is 13.1. The van der Waals surface area contributed by atoms with Crippen LogP contribution in [0, 0.1) is 5.92 Å². The van der Waals surface area contributed by atoms with Crippen LogP contribution in [0.5, 0.6) is 0 Å². The second-order valence-electron chi connectivity index (χ2n) is 4.35. The predicted octanol–water partition coefficient (Wildman–Crippen LogP) is 2.30. The summed E-state index contributed by atoms with van der Waals surface area (Å²) in [7, 11) is 0. The van der Waals surface area contributed by atoms with Crippen LogP contribution in [-0.2, 0) is 16.0 Å². The fraction of sp³-hybridized carbons (Fsp3) is 0.200. The normalized spacial score (nSPS) is 19.7. The van der Waals surface area contributed by atoms with Crippen molar-refractivity contribution in [2.45, 2.75) is 13.3 Å². The molecule has 1 aromatic rings. The first-order valence-electron chi connectivity index (χ1n) is 5.85. The molecule has 1 aliphatic heterocycles. The standard InChI is InChI=1S/C15H15NO2/c1-3-16-10-11(2)14(17)13(15(16)18)9-12-7-5-4-6-8-12/h3-8,10,13H,1,9H2,2H3. The Morgan fingerprint density at radius 1 is 1.28 bits per heavy atom. The molecule has 0 N–H and O–H groups in total. The van der Waals surface area contributed by atoms with Crippen molar-refractivity contribution in [3.63, 3.8) is 0 Å². The maximum atomic E-state index is 12.1. The summed E-state index contributed by atoms with van der Waals surface area (Å²) in [6.45, 7) is 5.31. The third kappa shape index (κ3) is 2.25. The smallest absolute Gasteiger partial charge is 0.241 e. The van der Waals surface area contributed by atoms with Crippen LogP contribution in [0.25, 0.3) is 0 Å². The Morgan fingerprint density at radius 2 is 1.94 bits per heavy atom. The third-order valence-corrected chi connectivity index (χ3v) is 3.07. The number of amides is 1. The van der Waals surface area contributed by atoms with E-state index in [4.69, 9.17) is 0 Å². The van der Waals surface area contributed by atoms with Crippen molar-refractivity contribution in [1.29, 1.82) is 0 Å². The Labute approximate surface area is 106 Å². The highest BCUT2D eigenvalue weighted by Gasteiger charge is 2.34. The van der Waals surface area contributed by atoms with Gasteiger partial charge in [-0.15, -0.1) is 0 Å². The molecule has 1 aromatic carbocycles. The Balaban J connectivity index is 2.27. The van der Waals surface area contributed by atoms with Crippen LogP contribution >= 0.6 is 0 Å². The van der Waals surface area contributed by atoms with Gasteiger partial charge in [-0.3, -0.25) is 14.5 Å². The molecule has 0 aliphatic carbocycles. The lowest BCUT2D eigenvalue weighted by Crippen LogP contribution is -2.39. The summed E-state index contributed by atoms with van der Waals surface area (Å²) >= 11 is 0. The summed E-state index contributed by atoms with van der Waals surface area (Å²) in [5.41, 5.74) is 1.58. The van der Waals surface area contributed by atoms with Crippen molar-refractivity contribution < 1.29 is 9.59 Å². The van der Waals surface area contributed by atoms with E-state index in [-0.39, 0.29) is 11.7 Å². The number of ketones is 1. The van der Waals surface area contributed by atoms with Gasteiger partial charge in [-0.05, 0) is 18.9 Å². The van der Waals surface area contributed by atoms with Gasteiger partial charge >= 0.3 is 0 Å². The summed E-state index contributed by atoms with van der Waals surface area (Å²) in [5.74, 6) is -0.929. The van der Waals surface area contributed by atoms with Gasteiger partial charge in [0.25, 0.3) is 0 Å². The number of Topliss-reactive ketones (excluding diaryl/α,β-unsaturated/α-hetero) is 1. The minimum Gasteiger partial charge on any atom is -0.294 e. The van der Waals surface area contributed by atoms with Crippen LogP contribution in [0.4, 0.5) is 0 Å². The molecule has 2 rings (SSSR count). The molecule has 1 amide bonds. The van der Waals surface area contributed by atoms with Crippen LogP contribution in [-0.4, -0.2) is 16.6 Å². The van der Waals surface area contributed by atoms with Crippen LogP contribution in [0.2, 0.25) is 0 Å². The van der Waals surface area contributed by atoms with Crippen molar-refractivity contribution >= 4 is 11.7 Å². The molecule has 1 heterocycles. The number of rotatable bonds is 3. The van der Waals surface area contributed by atoms with Crippen LogP contribution in [0.15, 0.2) is 54.9 Å². The number of nitrogens with zero attached hydrogens (tertiary/aromatic N) is 1. The van der Waals surface area contributed by atoms with Gasteiger partial charge in [0.2, 0.25) is 5.91 Å². The number of carbonyl (C=O) groups is 2. The minimum absolute atomic E-state index is 0.0954. The number of allylic oxidation sites excluding steroid dienone is 1. The van der Waals surface area contributed by atoms with E-state index in [2.05, 4.69) is 6.58 Å². The van der Waals surface area contributed by atoms with Crippen LogP contribution in [0.3, 0.4) is 0 Å². The molecular weight excluding hydrogens is 226 g/mol. The summed E-state index contributed by atoms with van der Waals surface area (Å²) in [6.07, 6.45) is 3.42. The Morgan fingerprint density at radius 3 is 2.56 bits per heavy atom. The van der Waals surface area contributed by atoms with E-state index in [0.29, 0.717) is 12.0 Å². The molecular formula is C15H15NO2. The van der Waals surface area contributed by atoms with Crippen LogP contribution < -0.4 is 0 Å². The van der Waals surface area contributed by atoms with Gasteiger partial charge in [-0.25, -0.2) is 0 Å². The molecule has 1 atom stereocenters. The summed E-state index contributed by atoms with van der Waals surface area (Å²) < 4.78 is 0.